The van der Waals surface area contributed by atoms with Crippen LogP contribution in [0.15, 0.2) is 84.9 Å². The molecule has 0 spiro atoms. The molecule has 5 rings (SSSR count). The molecule has 2 heterocycles. The van der Waals surface area contributed by atoms with Crippen LogP contribution < -0.4 is 9.96 Å². The average molecular weight is 402 g/mol. The van der Waals surface area contributed by atoms with E-state index in [9.17, 15) is 14.0 Å². The number of fused-ring (bicyclic) bond motifs is 1. The van der Waals surface area contributed by atoms with E-state index in [0.717, 1.165) is 16.2 Å². The number of hydrogen-bond donors (Lipinski definition) is 0. The Morgan fingerprint density at radius 1 is 0.833 bits per heavy atom. The van der Waals surface area contributed by atoms with E-state index in [1.54, 1.807) is 12.0 Å². The van der Waals surface area contributed by atoms with Crippen LogP contribution in [0.5, 0.6) is 0 Å². The maximum absolute atomic E-state index is 13.7. The molecular formula is C24H19FN2O3. The van der Waals surface area contributed by atoms with Crippen LogP contribution in [-0.2, 0) is 14.4 Å². The Morgan fingerprint density at radius 2 is 1.43 bits per heavy atom. The largest absolute Gasteiger partial charge is 0.273 e. The highest BCUT2D eigenvalue weighted by atomic mass is 19.1. The maximum atomic E-state index is 13.7. The Bertz CT molecular complexity index is 1100. The van der Waals surface area contributed by atoms with E-state index in [4.69, 9.17) is 4.84 Å². The number of anilines is 2. The molecule has 0 aliphatic carbocycles. The fourth-order valence-corrected chi connectivity index (χ4v) is 4.40. The molecular weight excluding hydrogens is 383 g/mol. The molecule has 2 aliphatic rings. The zero-order valence-electron chi connectivity index (χ0n) is 16.2. The van der Waals surface area contributed by atoms with Crippen molar-refractivity contribution in [2.45, 2.75) is 19.1 Å². The minimum absolute atomic E-state index is 0.337. The van der Waals surface area contributed by atoms with Crippen LogP contribution in [-0.4, -0.2) is 17.9 Å². The van der Waals surface area contributed by atoms with Gasteiger partial charge in [-0.25, -0.2) is 14.4 Å². The molecule has 0 N–H and O–H groups in total. The number of amides is 2. The van der Waals surface area contributed by atoms with E-state index in [-0.39, 0.29) is 5.91 Å². The zero-order chi connectivity index (χ0) is 20.9. The highest BCUT2D eigenvalue weighted by molar-refractivity contribution is 6.25. The van der Waals surface area contributed by atoms with Gasteiger partial charge in [-0.05, 0) is 48.9 Å². The summed E-state index contributed by atoms with van der Waals surface area (Å²) in [6.45, 7) is 1.77. The zero-order valence-corrected chi connectivity index (χ0v) is 16.2. The monoisotopic (exact) mass is 402 g/mol. The van der Waals surface area contributed by atoms with Crippen molar-refractivity contribution in [3.63, 3.8) is 0 Å². The first kappa shape index (κ1) is 18.5. The number of halogens is 1. The molecule has 30 heavy (non-hydrogen) atoms. The third-order valence-corrected chi connectivity index (χ3v) is 5.89. The van der Waals surface area contributed by atoms with E-state index in [1.165, 1.54) is 24.3 Å². The molecule has 150 valence electrons. The molecule has 6 heteroatoms. The lowest BCUT2D eigenvalue weighted by molar-refractivity contribution is -0.128. The Hall–Kier alpha value is -3.51. The molecule has 5 nitrogen and oxygen atoms in total. The Labute approximate surface area is 173 Å². The second-order valence-electron chi connectivity index (χ2n) is 7.70. The second-order valence-corrected chi connectivity index (χ2v) is 7.70. The summed E-state index contributed by atoms with van der Waals surface area (Å²) in [5.74, 6) is -1.25. The maximum Gasteiger partial charge on any atom is 0.266 e. The van der Waals surface area contributed by atoms with Crippen LogP contribution in [0.1, 0.15) is 18.5 Å². The fourth-order valence-electron chi connectivity index (χ4n) is 4.40. The van der Waals surface area contributed by atoms with Gasteiger partial charge in [0.25, 0.3) is 5.91 Å². The van der Waals surface area contributed by atoms with Crippen molar-refractivity contribution < 1.29 is 18.8 Å². The second kappa shape index (κ2) is 6.78. The molecule has 0 unspecified atom stereocenters. The number of carbonyl (C=O) groups excluding carboxylic acids is 2. The van der Waals surface area contributed by atoms with E-state index in [1.807, 2.05) is 60.7 Å². The Kier molecular flexibility index (Phi) is 4.18. The van der Waals surface area contributed by atoms with Crippen molar-refractivity contribution in [1.82, 2.24) is 0 Å². The molecule has 0 bridgehead atoms. The first-order chi connectivity index (χ1) is 14.5. The van der Waals surface area contributed by atoms with Gasteiger partial charge in [-0.1, -0.05) is 48.5 Å². The van der Waals surface area contributed by atoms with Gasteiger partial charge in [-0.3, -0.25) is 14.4 Å². The van der Waals surface area contributed by atoms with Crippen molar-refractivity contribution in [2.24, 2.45) is 5.41 Å². The van der Waals surface area contributed by atoms with Gasteiger partial charge in [0.2, 0.25) is 5.91 Å². The van der Waals surface area contributed by atoms with Gasteiger partial charge in [-0.15, -0.1) is 0 Å². The smallest absolute Gasteiger partial charge is 0.266 e. The summed E-state index contributed by atoms with van der Waals surface area (Å²) in [7, 11) is 0. The van der Waals surface area contributed by atoms with E-state index < -0.39 is 29.3 Å². The Balaban J connectivity index is 1.63. The summed E-state index contributed by atoms with van der Waals surface area (Å²) in [6, 6.07) is 23.8. The van der Waals surface area contributed by atoms with Crippen LogP contribution in [0.2, 0.25) is 0 Å². The molecule has 2 fully saturated rings. The number of rotatable bonds is 3. The molecule has 3 atom stereocenters. The van der Waals surface area contributed by atoms with Gasteiger partial charge in [0, 0.05) is 0 Å². The van der Waals surface area contributed by atoms with Crippen molar-refractivity contribution in [3.05, 3.63) is 96.3 Å². The molecule has 2 amide bonds. The lowest BCUT2D eigenvalue weighted by Crippen LogP contribution is -2.41. The van der Waals surface area contributed by atoms with Gasteiger partial charge in [0.05, 0.1) is 17.4 Å². The fraction of sp³-hybridized carbons (Fsp3) is 0.167. The Morgan fingerprint density at radius 3 is 2.07 bits per heavy atom. The topological polar surface area (TPSA) is 49.9 Å². The molecule has 3 aromatic carbocycles. The number of nitrogens with zero attached hydrogens (tertiary/aromatic N) is 2. The summed E-state index contributed by atoms with van der Waals surface area (Å²) in [4.78, 5) is 34.2. The number of benzene rings is 3. The molecule has 3 aromatic rings. The summed E-state index contributed by atoms with van der Waals surface area (Å²) >= 11 is 0. The SMILES string of the molecule is C[C@]12C(=O)N(c3ccc(F)cc3)C(=O)[C@@H]1ON(c1ccccc1)[C@H]2c1ccccc1. The number of carbonyl (C=O) groups is 2. The predicted molar refractivity (Wildman–Crippen MR) is 110 cm³/mol. The molecule has 0 aromatic heterocycles. The number of para-hydroxylation sites is 1. The standard InChI is InChI=1S/C24H19FN2O3/c1-24-20(16-8-4-2-5-9-16)27(19-10-6-3-7-11-19)30-21(24)22(28)26(23(24)29)18-14-12-17(25)13-15-18/h2-15,20-21H,1H3/t20-,21-,24+/m0/s1. The molecule has 2 saturated heterocycles. The number of imide groups is 1. The minimum atomic E-state index is -1.15. The summed E-state index contributed by atoms with van der Waals surface area (Å²) in [6.07, 6.45) is -0.986. The predicted octanol–water partition coefficient (Wildman–Crippen LogP) is 4.27. The van der Waals surface area contributed by atoms with Crippen LogP contribution in [0, 0.1) is 11.2 Å². The minimum Gasteiger partial charge on any atom is -0.273 e. The van der Waals surface area contributed by atoms with Gasteiger partial charge in [-0.2, -0.15) is 0 Å². The molecule has 0 saturated carbocycles. The quantitative estimate of drug-likeness (QED) is 0.614. The van der Waals surface area contributed by atoms with Crippen molar-refractivity contribution in [2.75, 3.05) is 9.96 Å². The number of hydroxylamine groups is 1. The van der Waals surface area contributed by atoms with E-state index >= 15 is 0 Å². The first-order valence-corrected chi connectivity index (χ1v) is 9.72. The lowest BCUT2D eigenvalue weighted by Gasteiger charge is -2.32. The van der Waals surface area contributed by atoms with Crippen LogP contribution >= 0.6 is 0 Å². The summed E-state index contributed by atoms with van der Waals surface area (Å²) < 4.78 is 13.4. The first-order valence-electron chi connectivity index (χ1n) is 9.72. The lowest BCUT2D eigenvalue weighted by atomic mass is 9.76. The average Bonchev–Trinajstić information content (AvgIpc) is 3.19. The van der Waals surface area contributed by atoms with Crippen molar-refractivity contribution in [3.8, 4) is 0 Å². The van der Waals surface area contributed by atoms with Crippen LogP contribution in [0.3, 0.4) is 0 Å². The van der Waals surface area contributed by atoms with Crippen LogP contribution in [0.4, 0.5) is 15.8 Å². The van der Waals surface area contributed by atoms with E-state index in [0.29, 0.717) is 5.69 Å². The summed E-state index contributed by atoms with van der Waals surface area (Å²) in [5, 5.41) is 1.66. The van der Waals surface area contributed by atoms with Gasteiger partial charge in [0.15, 0.2) is 6.10 Å². The third kappa shape index (κ3) is 2.57. The third-order valence-electron chi connectivity index (χ3n) is 5.89. The highest BCUT2D eigenvalue weighted by Gasteiger charge is 2.68. The van der Waals surface area contributed by atoms with Gasteiger partial charge < -0.3 is 0 Å². The summed E-state index contributed by atoms with van der Waals surface area (Å²) in [5.41, 5.74) is 0.816. The normalized spacial score (nSPS) is 25.7. The van der Waals surface area contributed by atoms with Crippen LogP contribution in [0.25, 0.3) is 0 Å². The van der Waals surface area contributed by atoms with Crippen molar-refractivity contribution >= 4 is 23.2 Å². The number of hydrogen-bond acceptors (Lipinski definition) is 4. The van der Waals surface area contributed by atoms with Gasteiger partial charge >= 0.3 is 0 Å². The van der Waals surface area contributed by atoms with Gasteiger partial charge in [0.1, 0.15) is 11.2 Å². The molecule has 0 radical (unpaired) electrons. The van der Waals surface area contributed by atoms with Crippen molar-refractivity contribution in [1.29, 1.82) is 0 Å². The molecule has 2 aliphatic heterocycles. The van der Waals surface area contributed by atoms with E-state index in [2.05, 4.69) is 0 Å². The highest BCUT2D eigenvalue weighted by Crippen LogP contribution is 2.55.